The SMILES string of the molecule is [B]c1cccnc1NF. The van der Waals surface area contributed by atoms with E-state index >= 15 is 0 Å². The summed E-state index contributed by atoms with van der Waals surface area (Å²) in [7, 11) is 5.27. The van der Waals surface area contributed by atoms with Crippen molar-refractivity contribution >= 4 is 19.1 Å². The summed E-state index contributed by atoms with van der Waals surface area (Å²) in [5.41, 5.74) is 1.66. The van der Waals surface area contributed by atoms with Gasteiger partial charge in [-0.2, -0.15) is 0 Å². The van der Waals surface area contributed by atoms with Crippen LogP contribution in [0.2, 0.25) is 0 Å². The molecule has 1 aromatic heterocycles. The van der Waals surface area contributed by atoms with Crippen LogP contribution in [0, 0.1) is 0 Å². The molecule has 0 aliphatic heterocycles. The average Bonchev–Trinajstić information content (AvgIpc) is 1.89. The summed E-state index contributed by atoms with van der Waals surface area (Å²) in [6, 6.07) is 3.20. The Hall–Kier alpha value is -1.06. The molecule has 0 aliphatic rings. The van der Waals surface area contributed by atoms with Crippen LogP contribution in [0.25, 0.3) is 0 Å². The Kier molecular flexibility index (Phi) is 1.67. The highest BCUT2D eigenvalue weighted by Gasteiger charge is 1.92. The fourth-order valence-electron chi connectivity index (χ4n) is 0.497. The first-order valence-electron chi connectivity index (χ1n) is 2.41. The van der Waals surface area contributed by atoms with Gasteiger partial charge in [-0.1, -0.05) is 11.5 Å². The van der Waals surface area contributed by atoms with Gasteiger partial charge in [0, 0.05) is 6.20 Å². The second-order valence-electron chi connectivity index (χ2n) is 1.54. The van der Waals surface area contributed by atoms with Gasteiger partial charge in [0.1, 0.15) is 13.7 Å². The predicted molar refractivity (Wildman–Crippen MR) is 34.4 cm³/mol. The minimum atomic E-state index is 0.0671. The van der Waals surface area contributed by atoms with Gasteiger partial charge in [-0.25, -0.2) is 10.5 Å². The number of rotatable bonds is 1. The molecule has 0 spiro atoms. The number of anilines is 1. The highest BCUT2D eigenvalue weighted by Crippen LogP contribution is 1.93. The van der Waals surface area contributed by atoms with Gasteiger partial charge in [0.25, 0.3) is 0 Å². The molecule has 2 radical (unpaired) electrons. The van der Waals surface area contributed by atoms with Crippen LogP contribution >= 0.6 is 0 Å². The van der Waals surface area contributed by atoms with Gasteiger partial charge in [-0.05, 0) is 6.07 Å². The van der Waals surface area contributed by atoms with Crippen molar-refractivity contribution in [2.24, 2.45) is 0 Å². The Morgan fingerprint density at radius 2 is 2.44 bits per heavy atom. The molecule has 0 atom stereocenters. The lowest BCUT2D eigenvalue weighted by Gasteiger charge is -1.97. The van der Waals surface area contributed by atoms with Crippen LogP contribution in [0.3, 0.4) is 0 Å². The van der Waals surface area contributed by atoms with Gasteiger partial charge in [0.2, 0.25) is 0 Å². The molecular weight excluding hydrogens is 118 g/mol. The molecule has 4 heteroatoms. The van der Waals surface area contributed by atoms with E-state index in [1.807, 2.05) is 0 Å². The number of hydrogen-bond donors (Lipinski definition) is 1. The summed E-state index contributed by atoms with van der Waals surface area (Å²) in [5.74, 6) is 0.0671. The molecule has 1 heterocycles. The third-order valence-electron chi connectivity index (χ3n) is 0.928. The summed E-state index contributed by atoms with van der Waals surface area (Å²) >= 11 is 0. The zero-order valence-electron chi connectivity index (χ0n) is 4.63. The van der Waals surface area contributed by atoms with E-state index in [1.165, 1.54) is 11.7 Å². The number of hydrogen-bond acceptors (Lipinski definition) is 2. The molecule has 0 unspecified atom stereocenters. The van der Waals surface area contributed by atoms with E-state index in [2.05, 4.69) is 4.98 Å². The number of pyridine rings is 1. The lowest BCUT2D eigenvalue weighted by molar-refractivity contribution is 0.613. The van der Waals surface area contributed by atoms with Crippen molar-refractivity contribution in [3.8, 4) is 0 Å². The van der Waals surface area contributed by atoms with Crippen molar-refractivity contribution in [3.63, 3.8) is 0 Å². The topological polar surface area (TPSA) is 24.9 Å². The second-order valence-corrected chi connectivity index (χ2v) is 1.54. The molecule has 0 saturated heterocycles. The Morgan fingerprint density at radius 1 is 1.67 bits per heavy atom. The monoisotopic (exact) mass is 122 g/mol. The number of nitrogens with zero attached hydrogens (tertiary/aromatic N) is 1. The highest BCUT2D eigenvalue weighted by atomic mass is 19.2. The average molecular weight is 122 g/mol. The first kappa shape index (κ1) is 6.07. The summed E-state index contributed by atoms with van der Waals surface area (Å²) in [6.07, 6.45) is 1.46. The standard InChI is InChI=1S/C5H4BFN2/c6-4-2-1-3-8-5(4)9-7/h1-3H,(H,8,9). The maximum absolute atomic E-state index is 11.6. The van der Waals surface area contributed by atoms with E-state index in [-0.39, 0.29) is 5.82 Å². The Bertz CT molecular complexity index is 204. The van der Waals surface area contributed by atoms with Crippen LogP contribution in [0.15, 0.2) is 18.3 Å². The first-order valence-corrected chi connectivity index (χ1v) is 2.41. The van der Waals surface area contributed by atoms with Gasteiger partial charge in [-0.3, -0.25) is 0 Å². The van der Waals surface area contributed by atoms with E-state index < -0.39 is 0 Å². The number of aromatic nitrogens is 1. The second kappa shape index (κ2) is 2.48. The van der Waals surface area contributed by atoms with Crippen LogP contribution in [-0.4, -0.2) is 12.8 Å². The molecule has 1 N–H and O–H groups in total. The lowest BCUT2D eigenvalue weighted by Crippen LogP contribution is -2.08. The Morgan fingerprint density at radius 3 is 2.89 bits per heavy atom. The third-order valence-corrected chi connectivity index (χ3v) is 0.928. The minimum absolute atomic E-state index is 0.0671. The maximum Gasteiger partial charge on any atom is 0.147 e. The van der Waals surface area contributed by atoms with E-state index in [9.17, 15) is 4.48 Å². The van der Waals surface area contributed by atoms with Crippen LogP contribution in [-0.2, 0) is 0 Å². The zero-order chi connectivity index (χ0) is 6.69. The van der Waals surface area contributed by atoms with Gasteiger partial charge in [-0.15, -0.1) is 4.48 Å². The van der Waals surface area contributed by atoms with Crippen molar-refractivity contribution in [2.45, 2.75) is 0 Å². The maximum atomic E-state index is 11.6. The van der Waals surface area contributed by atoms with Crippen LogP contribution in [0.4, 0.5) is 10.3 Å². The summed E-state index contributed by atoms with van der Waals surface area (Å²) in [6.45, 7) is 0. The number of halogens is 1. The summed E-state index contributed by atoms with van der Waals surface area (Å²) in [4.78, 5) is 3.59. The molecule has 0 aliphatic carbocycles. The van der Waals surface area contributed by atoms with Crippen molar-refractivity contribution in [1.82, 2.24) is 4.98 Å². The molecule has 44 valence electrons. The van der Waals surface area contributed by atoms with E-state index in [4.69, 9.17) is 7.85 Å². The summed E-state index contributed by atoms with van der Waals surface area (Å²) in [5, 5.41) is 0. The molecule has 0 fully saturated rings. The van der Waals surface area contributed by atoms with E-state index in [0.29, 0.717) is 5.46 Å². The molecular formula is C5H4BFN2. The quantitative estimate of drug-likeness (QED) is 0.424. The fraction of sp³-hybridized carbons (Fsp3) is 0. The van der Waals surface area contributed by atoms with Crippen LogP contribution in [0.1, 0.15) is 0 Å². The van der Waals surface area contributed by atoms with Gasteiger partial charge >= 0.3 is 0 Å². The molecule has 0 amide bonds. The van der Waals surface area contributed by atoms with Crippen molar-refractivity contribution in [2.75, 3.05) is 5.54 Å². The highest BCUT2D eigenvalue weighted by molar-refractivity contribution is 6.35. The molecule has 0 saturated carbocycles. The summed E-state index contributed by atoms with van der Waals surface area (Å²) < 4.78 is 11.6. The zero-order valence-corrected chi connectivity index (χ0v) is 4.63. The van der Waals surface area contributed by atoms with Gasteiger partial charge in [0.05, 0.1) is 0 Å². The smallest absolute Gasteiger partial charge is 0.147 e. The van der Waals surface area contributed by atoms with Crippen molar-refractivity contribution < 1.29 is 4.48 Å². The van der Waals surface area contributed by atoms with Gasteiger partial charge < -0.3 is 0 Å². The Labute approximate surface area is 53.5 Å². The largest absolute Gasteiger partial charge is 0.238 e. The fourth-order valence-corrected chi connectivity index (χ4v) is 0.497. The lowest BCUT2D eigenvalue weighted by atomic mass is 9.98. The first-order chi connectivity index (χ1) is 4.34. The number of nitrogens with one attached hydrogen (secondary N) is 1. The molecule has 9 heavy (non-hydrogen) atoms. The molecule has 1 aromatic rings. The third kappa shape index (κ3) is 1.19. The molecule has 2 nitrogen and oxygen atoms in total. The van der Waals surface area contributed by atoms with Crippen LogP contribution in [0.5, 0.6) is 0 Å². The van der Waals surface area contributed by atoms with Crippen molar-refractivity contribution in [3.05, 3.63) is 18.3 Å². The molecule has 1 rings (SSSR count). The van der Waals surface area contributed by atoms with Gasteiger partial charge in [0.15, 0.2) is 0 Å². The predicted octanol–water partition coefficient (Wildman–Crippen LogP) is 0.172. The Balaban J connectivity index is 3.01. The van der Waals surface area contributed by atoms with Crippen molar-refractivity contribution in [1.29, 1.82) is 0 Å². The van der Waals surface area contributed by atoms with E-state index in [1.54, 1.807) is 12.1 Å². The molecule has 0 bridgehead atoms. The minimum Gasteiger partial charge on any atom is -0.238 e. The molecule has 0 aromatic carbocycles. The van der Waals surface area contributed by atoms with E-state index in [0.717, 1.165) is 0 Å². The van der Waals surface area contributed by atoms with Crippen LogP contribution < -0.4 is 11.0 Å². The normalized spacial score (nSPS) is 9.00.